The van der Waals surface area contributed by atoms with Gasteiger partial charge in [-0.15, -0.1) is 0 Å². The number of H-pyrrole nitrogens is 1. The average Bonchev–Trinajstić information content (AvgIpc) is 2.73. The number of hydrogen-bond acceptors (Lipinski definition) is 3. The number of benzene rings is 2. The van der Waals surface area contributed by atoms with Crippen LogP contribution in [0.25, 0.3) is 10.9 Å². The van der Waals surface area contributed by atoms with Crippen molar-refractivity contribution >= 4 is 10.9 Å². The van der Waals surface area contributed by atoms with Crippen molar-refractivity contribution in [1.29, 1.82) is 0 Å². The number of nitrogens with one attached hydrogen (secondary N) is 1. The fraction of sp³-hybridized carbons (Fsp3) is 0.375. The number of nitrogens with zero attached hydrogens (tertiary/aromatic N) is 2. The number of aryl methyl sites for hydroxylation is 2. The summed E-state index contributed by atoms with van der Waals surface area (Å²) in [4.78, 5) is 21.5. The number of rotatable bonds is 5. The van der Waals surface area contributed by atoms with Gasteiger partial charge in [0, 0.05) is 61.4 Å². The van der Waals surface area contributed by atoms with Gasteiger partial charge in [-0.05, 0) is 36.6 Å². The second kappa shape index (κ2) is 8.29. The van der Waals surface area contributed by atoms with Crippen molar-refractivity contribution in [2.75, 3.05) is 26.2 Å². The topological polar surface area (TPSA) is 39.3 Å². The van der Waals surface area contributed by atoms with Gasteiger partial charge >= 0.3 is 0 Å². The summed E-state index contributed by atoms with van der Waals surface area (Å²) in [6, 6.07) is 16.8. The van der Waals surface area contributed by atoms with Crippen LogP contribution in [0.2, 0.25) is 0 Å². The summed E-state index contributed by atoms with van der Waals surface area (Å²) >= 11 is 0. The van der Waals surface area contributed by atoms with Crippen LogP contribution in [0.5, 0.6) is 0 Å². The van der Waals surface area contributed by atoms with Gasteiger partial charge in [-0.3, -0.25) is 14.6 Å². The molecular weight excluding hydrogens is 346 g/mol. The fourth-order valence-corrected chi connectivity index (χ4v) is 4.08. The number of aromatic amines is 1. The van der Waals surface area contributed by atoms with Gasteiger partial charge < -0.3 is 4.98 Å². The third-order valence-electron chi connectivity index (χ3n) is 5.88. The molecule has 0 saturated carbocycles. The number of aromatic nitrogens is 1. The quantitative estimate of drug-likeness (QED) is 0.739. The van der Waals surface area contributed by atoms with Crippen LogP contribution in [0.4, 0.5) is 0 Å². The van der Waals surface area contributed by atoms with Crippen LogP contribution in [-0.2, 0) is 19.5 Å². The first-order valence-electron chi connectivity index (χ1n) is 10.3. The van der Waals surface area contributed by atoms with E-state index >= 15 is 0 Å². The minimum Gasteiger partial charge on any atom is -0.358 e. The van der Waals surface area contributed by atoms with E-state index in [1.807, 2.05) is 13.0 Å². The number of hydrogen-bond donors (Lipinski definition) is 1. The van der Waals surface area contributed by atoms with Gasteiger partial charge in [0.2, 0.25) is 0 Å². The predicted molar refractivity (Wildman–Crippen MR) is 116 cm³/mol. The van der Waals surface area contributed by atoms with Crippen LogP contribution in [0, 0.1) is 6.92 Å². The van der Waals surface area contributed by atoms with Crippen molar-refractivity contribution in [2.24, 2.45) is 0 Å². The summed E-state index contributed by atoms with van der Waals surface area (Å²) in [6.07, 6.45) is 0.946. The minimum atomic E-state index is 0.188. The maximum absolute atomic E-state index is 13.1. The molecule has 1 aromatic heterocycles. The van der Waals surface area contributed by atoms with E-state index in [1.54, 1.807) is 0 Å². The Kier molecular flexibility index (Phi) is 5.60. The van der Waals surface area contributed by atoms with Crippen molar-refractivity contribution in [3.63, 3.8) is 0 Å². The Balaban J connectivity index is 1.46. The maximum Gasteiger partial charge on any atom is 0.194 e. The van der Waals surface area contributed by atoms with E-state index < -0.39 is 0 Å². The normalized spacial score (nSPS) is 15.9. The molecule has 4 rings (SSSR count). The molecule has 1 fully saturated rings. The van der Waals surface area contributed by atoms with Crippen molar-refractivity contribution in [3.05, 3.63) is 81.1 Å². The molecule has 1 aliphatic heterocycles. The van der Waals surface area contributed by atoms with Crippen LogP contribution in [0.15, 0.2) is 53.3 Å². The van der Waals surface area contributed by atoms with E-state index in [4.69, 9.17) is 0 Å². The largest absolute Gasteiger partial charge is 0.358 e. The summed E-state index contributed by atoms with van der Waals surface area (Å²) in [5.41, 5.74) is 5.61. The number of piperazine rings is 1. The monoisotopic (exact) mass is 375 g/mol. The Morgan fingerprint density at radius 1 is 0.893 bits per heavy atom. The summed E-state index contributed by atoms with van der Waals surface area (Å²) in [6.45, 7) is 9.96. The molecule has 0 bridgehead atoms. The molecule has 3 aromatic rings. The summed E-state index contributed by atoms with van der Waals surface area (Å²) < 4.78 is 0. The SMILES string of the molecule is CCc1ccc2[nH]c(C)c(CN3CCN(Cc4ccccc4)CC3)c(=O)c2c1. The van der Waals surface area contributed by atoms with E-state index in [0.717, 1.165) is 67.8 Å². The second-order valence-corrected chi connectivity index (χ2v) is 7.83. The zero-order valence-electron chi connectivity index (χ0n) is 16.9. The molecule has 28 heavy (non-hydrogen) atoms. The smallest absolute Gasteiger partial charge is 0.194 e. The van der Waals surface area contributed by atoms with Crippen LogP contribution >= 0.6 is 0 Å². The zero-order chi connectivity index (χ0) is 19.5. The molecule has 2 heterocycles. The Morgan fingerprint density at radius 2 is 1.57 bits per heavy atom. The van der Waals surface area contributed by atoms with E-state index in [0.29, 0.717) is 0 Å². The van der Waals surface area contributed by atoms with Gasteiger partial charge in [-0.25, -0.2) is 0 Å². The van der Waals surface area contributed by atoms with E-state index in [2.05, 4.69) is 64.2 Å². The first-order valence-corrected chi connectivity index (χ1v) is 10.3. The molecule has 146 valence electrons. The lowest BCUT2D eigenvalue weighted by atomic mass is 10.0. The Morgan fingerprint density at radius 3 is 2.25 bits per heavy atom. The zero-order valence-corrected chi connectivity index (χ0v) is 16.9. The Bertz CT molecular complexity index is 1000. The molecule has 0 amide bonds. The maximum atomic E-state index is 13.1. The van der Waals surface area contributed by atoms with Crippen molar-refractivity contribution < 1.29 is 0 Å². The van der Waals surface area contributed by atoms with Crippen LogP contribution in [-0.4, -0.2) is 41.0 Å². The van der Waals surface area contributed by atoms with Crippen LogP contribution in [0.3, 0.4) is 0 Å². The van der Waals surface area contributed by atoms with Crippen molar-refractivity contribution in [2.45, 2.75) is 33.4 Å². The van der Waals surface area contributed by atoms with E-state index in [9.17, 15) is 4.79 Å². The molecule has 1 N–H and O–H groups in total. The number of pyridine rings is 1. The van der Waals surface area contributed by atoms with Crippen LogP contribution in [0.1, 0.15) is 29.3 Å². The summed E-state index contributed by atoms with van der Waals surface area (Å²) in [5.74, 6) is 0. The third kappa shape index (κ3) is 4.03. The van der Waals surface area contributed by atoms with Crippen molar-refractivity contribution in [1.82, 2.24) is 14.8 Å². The lowest BCUT2D eigenvalue weighted by molar-refractivity contribution is 0.121. The van der Waals surface area contributed by atoms with Gasteiger partial charge in [0.1, 0.15) is 0 Å². The Hall–Kier alpha value is -2.43. The van der Waals surface area contributed by atoms with E-state index in [1.165, 1.54) is 11.1 Å². The minimum absolute atomic E-state index is 0.188. The third-order valence-corrected chi connectivity index (χ3v) is 5.88. The second-order valence-electron chi connectivity index (χ2n) is 7.83. The van der Waals surface area contributed by atoms with Gasteiger partial charge in [-0.1, -0.05) is 43.3 Å². The molecule has 0 aliphatic carbocycles. The predicted octanol–water partition coefficient (Wildman–Crippen LogP) is 3.72. The molecule has 0 spiro atoms. The summed E-state index contributed by atoms with van der Waals surface area (Å²) in [7, 11) is 0. The first-order chi connectivity index (χ1) is 13.6. The molecule has 4 nitrogen and oxygen atoms in total. The molecular formula is C24H29N3O. The van der Waals surface area contributed by atoms with Crippen LogP contribution < -0.4 is 5.43 Å². The number of fused-ring (bicyclic) bond motifs is 1. The highest BCUT2D eigenvalue weighted by atomic mass is 16.1. The van der Waals surface area contributed by atoms with E-state index in [-0.39, 0.29) is 5.43 Å². The molecule has 0 atom stereocenters. The lowest BCUT2D eigenvalue weighted by Crippen LogP contribution is -2.46. The molecule has 0 unspecified atom stereocenters. The molecule has 1 saturated heterocycles. The molecule has 2 aromatic carbocycles. The van der Waals surface area contributed by atoms with Gasteiger partial charge in [0.15, 0.2) is 5.43 Å². The summed E-state index contributed by atoms with van der Waals surface area (Å²) in [5, 5.41) is 0.822. The fourth-order valence-electron chi connectivity index (χ4n) is 4.08. The standard InChI is InChI=1S/C24H29N3O/c1-3-19-9-10-23-21(15-19)24(28)22(18(2)25-23)17-27-13-11-26(12-14-27)16-20-7-5-4-6-8-20/h4-10,15H,3,11-14,16-17H2,1-2H3,(H,25,28). The van der Waals surface area contributed by atoms with Gasteiger partial charge in [-0.2, -0.15) is 0 Å². The van der Waals surface area contributed by atoms with Gasteiger partial charge in [0.25, 0.3) is 0 Å². The Labute approximate surface area is 166 Å². The van der Waals surface area contributed by atoms with Crippen molar-refractivity contribution in [3.8, 4) is 0 Å². The first kappa shape index (κ1) is 18.9. The lowest BCUT2D eigenvalue weighted by Gasteiger charge is -2.34. The molecule has 0 radical (unpaired) electrons. The van der Waals surface area contributed by atoms with Gasteiger partial charge in [0.05, 0.1) is 0 Å². The molecule has 1 aliphatic rings. The average molecular weight is 376 g/mol. The molecule has 4 heteroatoms. The highest BCUT2D eigenvalue weighted by Crippen LogP contribution is 2.16. The highest BCUT2D eigenvalue weighted by molar-refractivity contribution is 5.80. The highest BCUT2D eigenvalue weighted by Gasteiger charge is 2.19.